The van der Waals surface area contributed by atoms with Gasteiger partial charge in [0.15, 0.2) is 0 Å². The molecule has 88 valence electrons. The van der Waals surface area contributed by atoms with Gasteiger partial charge in [0.1, 0.15) is 5.75 Å². The smallest absolute Gasteiger partial charge is 0.127 e. The number of methoxy groups -OCH3 is 1. The molecule has 1 fully saturated rings. The summed E-state index contributed by atoms with van der Waals surface area (Å²) in [5, 5.41) is 0.785. The standard InChI is InChI=1S/C13H18ClNO/c1-9-4-5-10(14)11(12(9)16-2)13(8-15)6-3-7-13/h4-5H,3,6-8,15H2,1-2H3. The minimum atomic E-state index is 0.0500. The van der Waals surface area contributed by atoms with Crippen molar-refractivity contribution < 1.29 is 4.74 Å². The van der Waals surface area contributed by atoms with E-state index in [2.05, 4.69) is 0 Å². The van der Waals surface area contributed by atoms with Crippen molar-refractivity contribution in [2.24, 2.45) is 5.73 Å². The molecule has 1 saturated carbocycles. The van der Waals surface area contributed by atoms with Crippen LogP contribution in [0.15, 0.2) is 12.1 Å². The van der Waals surface area contributed by atoms with E-state index in [9.17, 15) is 0 Å². The molecule has 0 spiro atoms. The van der Waals surface area contributed by atoms with Crippen molar-refractivity contribution in [2.45, 2.75) is 31.6 Å². The first-order valence-electron chi connectivity index (χ1n) is 5.68. The predicted molar refractivity (Wildman–Crippen MR) is 67.3 cm³/mol. The molecule has 0 aliphatic heterocycles. The molecule has 0 radical (unpaired) electrons. The number of aryl methyl sites for hydroxylation is 1. The second-order valence-electron chi connectivity index (χ2n) is 4.61. The summed E-state index contributed by atoms with van der Waals surface area (Å²) < 4.78 is 5.50. The highest BCUT2D eigenvalue weighted by Gasteiger charge is 2.41. The Balaban J connectivity index is 2.57. The highest BCUT2D eigenvalue weighted by Crippen LogP contribution is 2.49. The third-order valence-electron chi connectivity index (χ3n) is 3.74. The fraction of sp³-hybridized carbons (Fsp3) is 0.538. The molecule has 2 rings (SSSR count). The van der Waals surface area contributed by atoms with Gasteiger partial charge < -0.3 is 10.5 Å². The van der Waals surface area contributed by atoms with Crippen molar-refractivity contribution in [1.82, 2.24) is 0 Å². The molecule has 2 N–H and O–H groups in total. The minimum Gasteiger partial charge on any atom is -0.496 e. The summed E-state index contributed by atoms with van der Waals surface area (Å²) in [4.78, 5) is 0. The molecule has 0 bridgehead atoms. The maximum Gasteiger partial charge on any atom is 0.127 e. The number of hydrogen-bond acceptors (Lipinski definition) is 2. The molecule has 1 aliphatic carbocycles. The van der Waals surface area contributed by atoms with Crippen LogP contribution >= 0.6 is 11.6 Å². The van der Waals surface area contributed by atoms with Crippen molar-refractivity contribution in [3.63, 3.8) is 0 Å². The fourth-order valence-electron chi connectivity index (χ4n) is 2.58. The summed E-state index contributed by atoms with van der Waals surface area (Å²) in [6, 6.07) is 3.94. The SMILES string of the molecule is COc1c(C)ccc(Cl)c1C1(CN)CCC1. The Bertz CT molecular complexity index is 394. The summed E-state index contributed by atoms with van der Waals surface area (Å²) in [6.45, 7) is 2.69. The van der Waals surface area contributed by atoms with Gasteiger partial charge in [-0.3, -0.25) is 0 Å². The van der Waals surface area contributed by atoms with E-state index in [1.54, 1.807) is 7.11 Å². The third kappa shape index (κ3) is 1.61. The maximum atomic E-state index is 6.32. The average molecular weight is 240 g/mol. The number of rotatable bonds is 3. The lowest BCUT2D eigenvalue weighted by atomic mass is 9.64. The highest BCUT2D eigenvalue weighted by atomic mass is 35.5. The molecule has 0 saturated heterocycles. The molecule has 0 amide bonds. The molecular weight excluding hydrogens is 222 g/mol. The van der Waals surface area contributed by atoms with Crippen molar-refractivity contribution in [2.75, 3.05) is 13.7 Å². The lowest BCUT2D eigenvalue weighted by Gasteiger charge is -2.42. The summed E-state index contributed by atoms with van der Waals surface area (Å²) >= 11 is 6.32. The molecule has 1 aliphatic rings. The van der Waals surface area contributed by atoms with Gasteiger partial charge in [-0.15, -0.1) is 0 Å². The van der Waals surface area contributed by atoms with Crippen molar-refractivity contribution >= 4 is 11.6 Å². The third-order valence-corrected chi connectivity index (χ3v) is 4.05. The highest BCUT2D eigenvalue weighted by molar-refractivity contribution is 6.31. The molecule has 0 heterocycles. The van der Waals surface area contributed by atoms with Crippen LogP contribution in [0.1, 0.15) is 30.4 Å². The van der Waals surface area contributed by atoms with E-state index < -0.39 is 0 Å². The van der Waals surface area contributed by atoms with Crippen LogP contribution in [0.2, 0.25) is 5.02 Å². The topological polar surface area (TPSA) is 35.2 Å². The number of ether oxygens (including phenoxy) is 1. The van der Waals surface area contributed by atoms with E-state index in [0.29, 0.717) is 6.54 Å². The molecule has 1 aromatic carbocycles. The zero-order valence-corrected chi connectivity index (χ0v) is 10.6. The van der Waals surface area contributed by atoms with Gasteiger partial charge in [-0.05, 0) is 31.4 Å². The van der Waals surface area contributed by atoms with E-state index in [1.807, 2.05) is 19.1 Å². The van der Waals surface area contributed by atoms with E-state index in [4.69, 9.17) is 22.1 Å². The van der Waals surface area contributed by atoms with Gasteiger partial charge in [-0.2, -0.15) is 0 Å². The fourth-order valence-corrected chi connectivity index (χ4v) is 2.93. The van der Waals surface area contributed by atoms with Crippen LogP contribution in [0.25, 0.3) is 0 Å². The summed E-state index contributed by atoms with van der Waals surface area (Å²) in [5.74, 6) is 0.914. The van der Waals surface area contributed by atoms with Gasteiger partial charge in [-0.1, -0.05) is 24.1 Å². The Hall–Kier alpha value is -0.730. The monoisotopic (exact) mass is 239 g/mol. The van der Waals surface area contributed by atoms with E-state index in [-0.39, 0.29) is 5.41 Å². The quantitative estimate of drug-likeness (QED) is 0.880. The molecule has 16 heavy (non-hydrogen) atoms. The zero-order chi connectivity index (χ0) is 11.8. The van der Waals surface area contributed by atoms with Crippen molar-refractivity contribution in [1.29, 1.82) is 0 Å². The Labute approximate surface area is 102 Å². The van der Waals surface area contributed by atoms with Crippen LogP contribution in [0.5, 0.6) is 5.75 Å². The van der Waals surface area contributed by atoms with Gasteiger partial charge in [0.05, 0.1) is 7.11 Å². The second kappa shape index (κ2) is 4.27. The first-order chi connectivity index (χ1) is 7.64. The first kappa shape index (κ1) is 11.7. The van der Waals surface area contributed by atoms with Gasteiger partial charge in [0.2, 0.25) is 0 Å². The summed E-state index contributed by atoms with van der Waals surface area (Å²) in [6.07, 6.45) is 3.46. The molecule has 3 heteroatoms. The van der Waals surface area contributed by atoms with Crippen LogP contribution in [0, 0.1) is 6.92 Å². The van der Waals surface area contributed by atoms with E-state index in [0.717, 1.165) is 34.7 Å². The molecule has 2 nitrogen and oxygen atoms in total. The Kier molecular flexibility index (Phi) is 3.13. The largest absolute Gasteiger partial charge is 0.496 e. The first-order valence-corrected chi connectivity index (χ1v) is 6.06. The molecule has 0 unspecified atom stereocenters. The van der Waals surface area contributed by atoms with Crippen LogP contribution in [-0.4, -0.2) is 13.7 Å². The molecular formula is C13H18ClNO. The number of nitrogens with two attached hydrogens (primary N) is 1. The molecule has 1 aromatic rings. The average Bonchev–Trinajstić information content (AvgIpc) is 2.22. The minimum absolute atomic E-state index is 0.0500. The lowest BCUT2D eigenvalue weighted by molar-refractivity contribution is 0.243. The summed E-state index contributed by atoms with van der Waals surface area (Å²) in [7, 11) is 1.70. The van der Waals surface area contributed by atoms with Gasteiger partial charge in [0, 0.05) is 22.5 Å². The van der Waals surface area contributed by atoms with Crippen molar-refractivity contribution in [3.05, 3.63) is 28.3 Å². The van der Waals surface area contributed by atoms with E-state index >= 15 is 0 Å². The lowest BCUT2D eigenvalue weighted by Crippen LogP contribution is -2.42. The van der Waals surface area contributed by atoms with E-state index in [1.165, 1.54) is 6.42 Å². The maximum absolute atomic E-state index is 6.32. The van der Waals surface area contributed by atoms with Gasteiger partial charge in [-0.25, -0.2) is 0 Å². The number of benzene rings is 1. The van der Waals surface area contributed by atoms with Crippen molar-refractivity contribution in [3.8, 4) is 5.75 Å². The van der Waals surface area contributed by atoms with Gasteiger partial charge >= 0.3 is 0 Å². The number of halogens is 1. The van der Waals surface area contributed by atoms with Crippen LogP contribution < -0.4 is 10.5 Å². The Morgan fingerprint density at radius 3 is 2.56 bits per heavy atom. The number of hydrogen-bond donors (Lipinski definition) is 1. The predicted octanol–water partition coefficient (Wildman–Crippen LogP) is 3.04. The normalized spacial score (nSPS) is 18.0. The Morgan fingerprint density at radius 2 is 2.12 bits per heavy atom. The van der Waals surface area contributed by atoms with Crippen LogP contribution in [0.3, 0.4) is 0 Å². The van der Waals surface area contributed by atoms with Gasteiger partial charge in [0.25, 0.3) is 0 Å². The molecule has 0 atom stereocenters. The summed E-state index contributed by atoms with van der Waals surface area (Å²) in [5.41, 5.74) is 8.22. The Morgan fingerprint density at radius 1 is 1.44 bits per heavy atom. The second-order valence-corrected chi connectivity index (χ2v) is 5.02. The molecule has 0 aromatic heterocycles. The zero-order valence-electron chi connectivity index (χ0n) is 9.85. The van der Waals surface area contributed by atoms with Crippen LogP contribution in [0.4, 0.5) is 0 Å². The van der Waals surface area contributed by atoms with Crippen LogP contribution in [-0.2, 0) is 5.41 Å².